The summed E-state index contributed by atoms with van der Waals surface area (Å²) in [6, 6.07) is 10.6. The van der Waals surface area contributed by atoms with Crippen LogP contribution in [-0.2, 0) is 22.6 Å². The summed E-state index contributed by atoms with van der Waals surface area (Å²) in [6.07, 6.45) is 11.3. The number of amides is 2. The van der Waals surface area contributed by atoms with Gasteiger partial charge in [-0.3, -0.25) is 9.69 Å². The van der Waals surface area contributed by atoms with Gasteiger partial charge in [-0.25, -0.2) is 9.18 Å². The van der Waals surface area contributed by atoms with Crippen LogP contribution in [0.2, 0.25) is 0 Å². The normalized spacial score (nSPS) is 14.7. The minimum absolute atomic E-state index is 0.113. The molecule has 10 nitrogen and oxygen atoms in total. The van der Waals surface area contributed by atoms with E-state index in [1.54, 1.807) is 23.1 Å². The fourth-order valence-electron chi connectivity index (χ4n) is 4.30. The van der Waals surface area contributed by atoms with E-state index in [4.69, 9.17) is 14.2 Å². The van der Waals surface area contributed by atoms with Crippen molar-refractivity contribution in [1.29, 1.82) is 0 Å². The molecule has 0 radical (unpaired) electrons. The Balaban J connectivity index is 0.000000394. The Hall–Kier alpha value is -5.29. The average molecular weight is 694 g/mol. The zero-order valence-corrected chi connectivity index (χ0v) is 30.2. The molecule has 3 rings (SSSR count). The Kier molecular flexibility index (Phi) is 19.8. The molecule has 0 spiro atoms. The summed E-state index contributed by atoms with van der Waals surface area (Å²) < 4.78 is 27.9. The topological polar surface area (TPSA) is 121 Å². The first-order valence-electron chi connectivity index (χ1n) is 15.9. The molecule has 11 heteroatoms. The van der Waals surface area contributed by atoms with Crippen molar-refractivity contribution in [3.63, 3.8) is 0 Å². The number of nitrogens with zero attached hydrogens (tertiary/aromatic N) is 2. The van der Waals surface area contributed by atoms with E-state index in [0.29, 0.717) is 44.2 Å². The Morgan fingerprint density at radius 2 is 1.54 bits per heavy atom. The van der Waals surface area contributed by atoms with E-state index in [1.165, 1.54) is 33.3 Å². The van der Waals surface area contributed by atoms with Gasteiger partial charge in [0.05, 0.1) is 27.3 Å². The number of hydrogen-bond acceptors (Lipinski definition) is 8. The Morgan fingerprint density at radius 3 is 2.00 bits per heavy atom. The molecule has 50 heavy (non-hydrogen) atoms. The number of benzene rings is 2. The van der Waals surface area contributed by atoms with Gasteiger partial charge in [0.25, 0.3) is 0 Å². The van der Waals surface area contributed by atoms with Gasteiger partial charge < -0.3 is 34.6 Å². The molecular weight excluding hydrogens is 641 g/mol. The number of cyclic esters (lactones) is 1. The number of ether oxygens (including phenoxy) is 3. The highest BCUT2D eigenvalue weighted by atomic mass is 19.1. The minimum atomic E-state index is -0.321. The monoisotopic (exact) mass is 693 g/mol. The number of phenolic OH excluding ortho intramolecular Hbond substituents is 2. The van der Waals surface area contributed by atoms with Gasteiger partial charge in [0.1, 0.15) is 11.9 Å². The summed E-state index contributed by atoms with van der Waals surface area (Å²) in [5.41, 5.74) is 3.98. The largest absolute Gasteiger partial charge is 0.504 e. The van der Waals surface area contributed by atoms with E-state index in [2.05, 4.69) is 23.4 Å². The molecule has 1 aliphatic rings. The second kappa shape index (κ2) is 23.1. The van der Waals surface area contributed by atoms with Crippen LogP contribution in [0.4, 0.5) is 9.18 Å². The van der Waals surface area contributed by atoms with Crippen molar-refractivity contribution in [1.82, 2.24) is 15.1 Å². The van der Waals surface area contributed by atoms with Crippen LogP contribution >= 0.6 is 0 Å². The lowest BCUT2D eigenvalue weighted by atomic mass is 10.1. The third kappa shape index (κ3) is 16.7. The van der Waals surface area contributed by atoms with Gasteiger partial charge >= 0.3 is 6.09 Å². The number of hydrogen-bond donors (Lipinski definition) is 3. The highest BCUT2D eigenvalue weighted by Gasteiger charge is 2.30. The maximum atomic E-state index is 12.7. The lowest BCUT2D eigenvalue weighted by molar-refractivity contribution is -0.119. The number of carbonyl (C=O) groups excluding carboxylic acids is 2. The van der Waals surface area contributed by atoms with Crippen LogP contribution in [0.1, 0.15) is 38.8 Å². The molecule has 2 aromatic rings. The predicted octanol–water partition coefficient (Wildman–Crippen LogP) is 7.37. The number of halogens is 1. The van der Waals surface area contributed by atoms with Crippen LogP contribution in [0.15, 0.2) is 109 Å². The van der Waals surface area contributed by atoms with Crippen molar-refractivity contribution < 1.29 is 38.4 Å². The highest BCUT2D eigenvalue weighted by molar-refractivity contribution is 5.73. The average Bonchev–Trinajstić information content (AvgIpc) is 3.46. The number of methoxy groups -OCH3 is 2. The maximum absolute atomic E-state index is 12.7. The van der Waals surface area contributed by atoms with Gasteiger partial charge in [0, 0.05) is 26.6 Å². The molecule has 2 aromatic carbocycles. The van der Waals surface area contributed by atoms with Crippen molar-refractivity contribution >= 4 is 12.0 Å². The molecule has 1 atom stereocenters. The fraction of sp³-hybridized carbons (Fsp3) is 0.333. The smallest absolute Gasteiger partial charge is 0.410 e. The molecule has 1 heterocycles. The molecule has 1 saturated heterocycles. The lowest BCUT2D eigenvalue weighted by Crippen LogP contribution is -2.33. The van der Waals surface area contributed by atoms with Crippen LogP contribution in [-0.4, -0.2) is 79.0 Å². The Labute approximate surface area is 296 Å². The zero-order chi connectivity index (χ0) is 37.6. The minimum Gasteiger partial charge on any atom is -0.504 e. The molecule has 0 aromatic heterocycles. The van der Waals surface area contributed by atoms with E-state index in [9.17, 15) is 24.2 Å². The van der Waals surface area contributed by atoms with Crippen molar-refractivity contribution in [2.45, 2.75) is 46.9 Å². The molecule has 1 aliphatic heterocycles. The maximum Gasteiger partial charge on any atom is 0.410 e. The van der Waals surface area contributed by atoms with Crippen LogP contribution in [0, 0.1) is 0 Å². The quantitative estimate of drug-likeness (QED) is 0.139. The summed E-state index contributed by atoms with van der Waals surface area (Å²) >= 11 is 0. The van der Waals surface area contributed by atoms with E-state index in [1.807, 2.05) is 76.4 Å². The standard InChI is InChI=1S/C17H21NO4.C12H15F.C10H16N2O3/c1-18(10-12-4-6-14(19)16(8-12)21-2)11-13-5-7-15(20)17(9-13)22-3;1-5-10(3)7-8-11(4)9-12(13)6-2;1-3-4-5-12-7-9(15-10(12)14)6-11-8(2)13/h4-9,19-20H,10-11H2,1-3H3;5-9H,1-2H2,3-4H3;3-4,9H,5-7H2,1-2H3,(H,11,13)/b;10-7-,11-8+,12-9-;4-3-. The van der Waals surface area contributed by atoms with Crippen molar-refractivity contribution in [3.8, 4) is 23.0 Å². The van der Waals surface area contributed by atoms with Gasteiger partial charge in [-0.2, -0.15) is 0 Å². The molecule has 2 amide bonds. The first kappa shape index (κ1) is 42.7. The molecule has 1 unspecified atom stereocenters. The van der Waals surface area contributed by atoms with E-state index in [0.717, 1.165) is 22.3 Å². The second-order valence-corrected chi connectivity index (χ2v) is 11.4. The zero-order valence-electron chi connectivity index (χ0n) is 30.2. The van der Waals surface area contributed by atoms with Crippen molar-refractivity contribution in [2.24, 2.45) is 0 Å². The Bertz CT molecular complexity index is 1490. The number of phenols is 2. The summed E-state index contributed by atoms with van der Waals surface area (Å²) in [4.78, 5) is 25.7. The van der Waals surface area contributed by atoms with Crippen LogP contribution in [0.5, 0.6) is 23.0 Å². The van der Waals surface area contributed by atoms with Gasteiger partial charge in [0.15, 0.2) is 23.0 Å². The molecular formula is C39H52FN3O7. The highest BCUT2D eigenvalue weighted by Crippen LogP contribution is 2.28. The van der Waals surface area contributed by atoms with Crippen molar-refractivity contribution in [3.05, 3.63) is 120 Å². The predicted molar refractivity (Wildman–Crippen MR) is 197 cm³/mol. The molecule has 0 aliphatic carbocycles. The van der Waals surface area contributed by atoms with E-state index >= 15 is 0 Å². The molecule has 0 bridgehead atoms. The van der Waals surface area contributed by atoms with Gasteiger partial charge in [-0.1, -0.05) is 61.2 Å². The van der Waals surface area contributed by atoms with Gasteiger partial charge in [-0.05, 0) is 80.9 Å². The summed E-state index contributed by atoms with van der Waals surface area (Å²) in [7, 11) is 5.06. The van der Waals surface area contributed by atoms with Crippen LogP contribution in [0.25, 0.3) is 0 Å². The SMILES string of the molecule is C/C=C\CN1CC(CNC(C)=O)OC1=O.C=C\C(C)=C/C=C(C)/C=C(\F)C=C.COc1cc(CN(C)Cc2ccc(O)c(OC)c2)ccc1O. The van der Waals surface area contributed by atoms with E-state index in [-0.39, 0.29) is 35.4 Å². The molecule has 0 saturated carbocycles. The second-order valence-electron chi connectivity index (χ2n) is 11.4. The number of rotatable bonds is 14. The summed E-state index contributed by atoms with van der Waals surface area (Å²) in [6.45, 7) is 16.9. The lowest BCUT2D eigenvalue weighted by Gasteiger charge is -2.18. The Morgan fingerprint density at radius 1 is 1.00 bits per heavy atom. The number of allylic oxidation sites excluding steroid dienone is 9. The molecule has 3 N–H and O–H groups in total. The summed E-state index contributed by atoms with van der Waals surface area (Å²) in [5.74, 6) is 0.778. The van der Waals surface area contributed by atoms with E-state index < -0.39 is 0 Å². The number of aromatic hydroxyl groups is 2. The fourth-order valence-corrected chi connectivity index (χ4v) is 4.30. The molecule has 272 valence electrons. The van der Waals surface area contributed by atoms with Crippen LogP contribution in [0.3, 0.4) is 0 Å². The third-order valence-corrected chi connectivity index (χ3v) is 6.97. The van der Waals surface area contributed by atoms with Gasteiger partial charge in [0.2, 0.25) is 5.91 Å². The van der Waals surface area contributed by atoms with Gasteiger partial charge in [-0.15, -0.1) is 0 Å². The van der Waals surface area contributed by atoms with Crippen LogP contribution < -0.4 is 14.8 Å². The first-order chi connectivity index (χ1) is 23.8. The summed E-state index contributed by atoms with van der Waals surface area (Å²) in [5, 5.41) is 21.8. The number of nitrogens with one attached hydrogen (secondary N) is 1. The van der Waals surface area contributed by atoms with Crippen molar-refractivity contribution in [2.75, 3.05) is 40.9 Å². The number of carbonyl (C=O) groups is 2. The molecule has 1 fully saturated rings. The first-order valence-corrected chi connectivity index (χ1v) is 15.9. The third-order valence-electron chi connectivity index (χ3n) is 6.97.